The van der Waals surface area contributed by atoms with Crippen molar-refractivity contribution in [1.29, 1.82) is 0 Å². The summed E-state index contributed by atoms with van der Waals surface area (Å²) >= 11 is 1.85. The van der Waals surface area contributed by atoms with Gasteiger partial charge in [0.15, 0.2) is 5.16 Å². The fourth-order valence-electron chi connectivity index (χ4n) is 2.33. The summed E-state index contributed by atoms with van der Waals surface area (Å²) in [5, 5.41) is 5.17. The highest BCUT2D eigenvalue weighted by Gasteiger charge is 2.23. The van der Waals surface area contributed by atoms with Gasteiger partial charge in [0.1, 0.15) is 0 Å². The zero-order chi connectivity index (χ0) is 14.4. The van der Waals surface area contributed by atoms with Crippen LogP contribution in [0.1, 0.15) is 31.9 Å². The van der Waals surface area contributed by atoms with Crippen LogP contribution >= 0.6 is 11.8 Å². The van der Waals surface area contributed by atoms with Crippen LogP contribution in [0.5, 0.6) is 0 Å². The van der Waals surface area contributed by atoms with Gasteiger partial charge in [-0.3, -0.25) is 0 Å². The Morgan fingerprint density at radius 3 is 2.55 bits per heavy atom. The molecule has 1 aromatic heterocycles. The van der Waals surface area contributed by atoms with E-state index in [1.54, 1.807) is 0 Å². The number of hydrogen-bond donors (Lipinski definition) is 1. The highest BCUT2D eigenvalue weighted by atomic mass is 32.2. The molecule has 2 atom stereocenters. The van der Waals surface area contributed by atoms with Gasteiger partial charge in [-0.2, -0.15) is 0 Å². The van der Waals surface area contributed by atoms with E-state index in [2.05, 4.69) is 59.0 Å². The van der Waals surface area contributed by atoms with Crippen LogP contribution in [0.15, 0.2) is 47.9 Å². The number of hydrogen-bond acceptors (Lipinski definition) is 3. The maximum Gasteiger partial charge on any atom is 0.168 e. The van der Waals surface area contributed by atoms with E-state index in [1.165, 1.54) is 5.56 Å². The van der Waals surface area contributed by atoms with Crippen molar-refractivity contribution in [2.45, 2.75) is 36.7 Å². The summed E-state index contributed by atoms with van der Waals surface area (Å²) in [7, 11) is 2.05. The predicted octanol–water partition coefficient (Wildman–Crippen LogP) is 3.64. The van der Waals surface area contributed by atoms with Crippen molar-refractivity contribution in [3.63, 3.8) is 0 Å². The molecule has 0 saturated heterocycles. The fourth-order valence-corrected chi connectivity index (χ4v) is 3.51. The molecule has 0 amide bonds. The maximum absolute atomic E-state index is 4.44. The van der Waals surface area contributed by atoms with Crippen molar-refractivity contribution in [1.82, 2.24) is 14.9 Å². The van der Waals surface area contributed by atoms with E-state index < -0.39 is 0 Å². The minimum absolute atomic E-state index is 0.355. The van der Waals surface area contributed by atoms with Gasteiger partial charge in [-0.05, 0) is 18.5 Å². The van der Waals surface area contributed by atoms with Crippen LogP contribution in [0.3, 0.4) is 0 Å². The SMILES string of the molecule is CCNC(c1ccccc1)C(CC)Sc1nccn1C. The fraction of sp³-hybridized carbons (Fsp3) is 0.438. The van der Waals surface area contributed by atoms with Crippen molar-refractivity contribution >= 4 is 11.8 Å². The van der Waals surface area contributed by atoms with Crippen LogP contribution in [0.25, 0.3) is 0 Å². The first-order valence-corrected chi connectivity index (χ1v) is 8.06. The van der Waals surface area contributed by atoms with Crippen LogP contribution in [-0.4, -0.2) is 21.3 Å². The summed E-state index contributed by atoms with van der Waals surface area (Å²) in [4.78, 5) is 4.44. The summed E-state index contributed by atoms with van der Waals surface area (Å²) in [5.74, 6) is 0. The molecule has 2 aromatic rings. The van der Waals surface area contributed by atoms with Gasteiger partial charge in [0, 0.05) is 30.7 Å². The van der Waals surface area contributed by atoms with E-state index in [1.807, 2.05) is 31.2 Å². The number of benzene rings is 1. The molecule has 1 heterocycles. The molecule has 0 aliphatic carbocycles. The molecule has 3 nitrogen and oxygen atoms in total. The molecule has 2 unspecified atom stereocenters. The van der Waals surface area contributed by atoms with Gasteiger partial charge in [-0.25, -0.2) is 4.98 Å². The first kappa shape index (κ1) is 15.1. The molecule has 1 N–H and O–H groups in total. The molecule has 0 bridgehead atoms. The molecule has 4 heteroatoms. The van der Waals surface area contributed by atoms with Crippen LogP contribution in [0.4, 0.5) is 0 Å². The second-order valence-corrected chi connectivity index (χ2v) is 6.04. The van der Waals surface area contributed by atoms with Crippen molar-refractivity contribution in [3.05, 3.63) is 48.3 Å². The van der Waals surface area contributed by atoms with E-state index in [0.29, 0.717) is 11.3 Å². The maximum atomic E-state index is 4.44. The summed E-state index contributed by atoms with van der Waals surface area (Å²) in [6.45, 7) is 5.37. The Morgan fingerprint density at radius 2 is 2.00 bits per heavy atom. The first-order valence-electron chi connectivity index (χ1n) is 7.18. The lowest BCUT2D eigenvalue weighted by atomic mass is 10.0. The van der Waals surface area contributed by atoms with Gasteiger partial charge >= 0.3 is 0 Å². The van der Waals surface area contributed by atoms with E-state index in [-0.39, 0.29) is 0 Å². The number of rotatable bonds is 7. The highest BCUT2D eigenvalue weighted by molar-refractivity contribution is 7.99. The minimum atomic E-state index is 0.355. The molecule has 108 valence electrons. The Balaban J connectivity index is 2.19. The quantitative estimate of drug-likeness (QED) is 0.789. The van der Waals surface area contributed by atoms with Gasteiger partial charge in [-0.15, -0.1) is 0 Å². The Morgan fingerprint density at radius 1 is 1.25 bits per heavy atom. The minimum Gasteiger partial charge on any atom is -0.329 e. The van der Waals surface area contributed by atoms with Gasteiger partial charge < -0.3 is 9.88 Å². The predicted molar refractivity (Wildman–Crippen MR) is 86.0 cm³/mol. The van der Waals surface area contributed by atoms with E-state index in [9.17, 15) is 0 Å². The molecular weight excluding hydrogens is 266 g/mol. The molecule has 0 radical (unpaired) electrons. The van der Waals surface area contributed by atoms with Crippen LogP contribution in [-0.2, 0) is 7.05 Å². The molecule has 1 aromatic carbocycles. The monoisotopic (exact) mass is 289 g/mol. The van der Waals surface area contributed by atoms with Crippen molar-refractivity contribution in [3.8, 4) is 0 Å². The Labute approximate surface area is 125 Å². The lowest BCUT2D eigenvalue weighted by molar-refractivity contribution is 0.520. The average Bonchev–Trinajstić information content (AvgIpc) is 2.89. The average molecular weight is 289 g/mol. The zero-order valence-corrected chi connectivity index (χ0v) is 13.2. The molecule has 0 aliphatic heterocycles. The number of nitrogens with zero attached hydrogens (tertiary/aromatic N) is 2. The molecule has 0 saturated carbocycles. The molecule has 0 spiro atoms. The van der Waals surface area contributed by atoms with Gasteiger partial charge in [-0.1, -0.05) is 55.9 Å². The van der Waals surface area contributed by atoms with Crippen molar-refractivity contribution in [2.24, 2.45) is 7.05 Å². The van der Waals surface area contributed by atoms with Gasteiger partial charge in [0.05, 0.1) is 0 Å². The lowest BCUT2D eigenvalue weighted by Gasteiger charge is -2.26. The Bertz CT molecular complexity index is 509. The standard InChI is InChI=1S/C16H23N3S/c1-4-14(20-16-18-11-12-19(16)3)15(17-5-2)13-9-7-6-8-10-13/h6-12,14-15,17H,4-5H2,1-3H3. The lowest BCUT2D eigenvalue weighted by Crippen LogP contribution is -2.30. The molecule has 0 fully saturated rings. The summed E-state index contributed by atoms with van der Waals surface area (Å²) in [6, 6.07) is 11.0. The summed E-state index contributed by atoms with van der Waals surface area (Å²) < 4.78 is 2.08. The molecule has 2 rings (SSSR count). The smallest absolute Gasteiger partial charge is 0.168 e. The normalized spacial score (nSPS) is 14.2. The largest absolute Gasteiger partial charge is 0.329 e. The molecule has 0 aliphatic rings. The third-order valence-corrected chi connectivity index (χ3v) is 4.90. The number of aryl methyl sites for hydroxylation is 1. The second-order valence-electron chi connectivity index (χ2n) is 4.83. The Kier molecular flexibility index (Phi) is 5.68. The van der Waals surface area contributed by atoms with E-state index in [4.69, 9.17) is 0 Å². The van der Waals surface area contributed by atoms with Gasteiger partial charge in [0.25, 0.3) is 0 Å². The second kappa shape index (κ2) is 7.50. The van der Waals surface area contributed by atoms with Crippen molar-refractivity contribution in [2.75, 3.05) is 6.54 Å². The number of aromatic nitrogens is 2. The number of thioether (sulfide) groups is 1. The third-order valence-electron chi connectivity index (χ3n) is 3.39. The highest BCUT2D eigenvalue weighted by Crippen LogP contribution is 2.33. The molecule has 20 heavy (non-hydrogen) atoms. The zero-order valence-electron chi connectivity index (χ0n) is 12.4. The third kappa shape index (κ3) is 3.64. The van der Waals surface area contributed by atoms with Crippen LogP contribution in [0.2, 0.25) is 0 Å². The van der Waals surface area contributed by atoms with Crippen molar-refractivity contribution < 1.29 is 0 Å². The Hall–Kier alpha value is -1.26. The number of imidazole rings is 1. The van der Waals surface area contributed by atoms with E-state index in [0.717, 1.165) is 18.1 Å². The topological polar surface area (TPSA) is 29.9 Å². The van der Waals surface area contributed by atoms with E-state index >= 15 is 0 Å². The number of nitrogens with one attached hydrogen (secondary N) is 1. The van der Waals surface area contributed by atoms with Crippen LogP contribution in [0, 0.1) is 0 Å². The summed E-state index contributed by atoms with van der Waals surface area (Å²) in [5.41, 5.74) is 1.35. The first-order chi connectivity index (χ1) is 9.76. The molecular formula is C16H23N3S. The van der Waals surface area contributed by atoms with Crippen LogP contribution < -0.4 is 5.32 Å². The summed E-state index contributed by atoms with van der Waals surface area (Å²) in [6.07, 6.45) is 4.96. The van der Waals surface area contributed by atoms with Gasteiger partial charge in [0.2, 0.25) is 0 Å².